The van der Waals surface area contributed by atoms with Crippen molar-refractivity contribution in [2.45, 2.75) is 6.43 Å². The summed E-state index contributed by atoms with van der Waals surface area (Å²) in [6.07, 6.45) is -2.63. The van der Waals surface area contributed by atoms with Crippen LogP contribution >= 0.6 is 27.5 Å². The van der Waals surface area contributed by atoms with E-state index in [9.17, 15) is 8.78 Å². The lowest BCUT2D eigenvalue weighted by molar-refractivity contribution is 0.152. The Morgan fingerprint density at radius 1 is 1.58 bits per heavy atom. The first-order chi connectivity index (χ1) is 5.52. The third-order valence-corrected chi connectivity index (χ3v) is 2.35. The minimum atomic E-state index is -2.63. The first-order valence-electron chi connectivity index (χ1n) is 2.92. The van der Waals surface area contributed by atoms with Gasteiger partial charge in [-0.3, -0.25) is 0 Å². The van der Waals surface area contributed by atoms with Gasteiger partial charge in [0.2, 0.25) is 0 Å². The minimum Gasteiger partial charge on any atom is -0.383 e. The Morgan fingerprint density at radius 3 is 2.67 bits per heavy atom. The van der Waals surface area contributed by atoms with E-state index < -0.39 is 6.43 Å². The van der Waals surface area contributed by atoms with Crippen LogP contribution in [0.3, 0.4) is 0 Å². The van der Waals surface area contributed by atoms with Crippen molar-refractivity contribution in [2.75, 3.05) is 5.73 Å². The summed E-state index contributed by atoms with van der Waals surface area (Å²) in [5, 5.41) is 0.0805. The SMILES string of the molecule is Nc1nc(Cl)c(Br)cc1C(F)F. The van der Waals surface area contributed by atoms with Gasteiger partial charge in [-0.15, -0.1) is 0 Å². The molecule has 1 aromatic heterocycles. The van der Waals surface area contributed by atoms with E-state index >= 15 is 0 Å². The topological polar surface area (TPSA) is 38.9 Å². The summed E-state index contributed by atoms with van der Waals surface area (Å²) in [4.78, 5) is 3.51. The van der Waals surface area contributed by atoms with E-state index in [1.807, 2.05) is 0 Å². The fourth-order valence-corrected chi connectivity index (χ4v) is 1.15. The molecule has 1 aromatic rings. The van der Waals surface area contributed by atoms with E-state index in [2.05, 4.69) is 20.9 Å². The van der Waals surface area contributed by atoms with Gasteiger partial charge in [-0.1, -0.05) is 11.6 Å². The standard InChI is InChI=1S/C6H4BrClF2N2/c7-3-1-2(5(9)10)6(11)12-4(3)8/h1,5H,(H2,11,12). The largest absolute Gasteiger partial charge is 0.383 e. The maximum atomic E-state index is 12.2. The fourth-order valence-electron chi connectivity index (χ4n) is 0.669. The number of halogens is 4. The Balaban J connectivity index is 3.23. The number of hydrogen-bond acceptors (Lipinski definition) is 2. The van der Waals surface area contributed by atoms with E-state index in [-0.39, 0.29) is 16.5 Å². The van der Waals surface area contributed by atoms with Crippen LogP contribution in [-0.2, 0) is 0 Å². The molecule has 0 spiro atoms. The normalized spacial score (nSPS) is 10.8. The quantitative estimate of drug-likeness (QED) is 0.786. The van der Waals surface area contributed by atoms with Crippen LogP contribution in [0.4, 0.5) is 14.6 Å². The summed E-state index contributed by atoms with van der Waals surface area (Å²) in [5.74, 6) is -0.238. The average molecular weight is 257 g/mol. The van der Waals surface area contributed by atoms with Crippen LogP contribution in [0.2, 0.25) is 5.15 Å². The molecule has 0 aliphatic heterocycles. The van der Waals surface area contributed by atoms with E-state index in [0.717, 1.165) is 6.07 Å². The highest BCUT2D eigenvalue weighted by Crippen LogP contribution is 2.30. The third kappa shape index (κ3) is 1.84. The zero-order chi connectivity index (χ0) is 9.30. The van der Waals surface area contributed by atoms with Gasteiger partial charge in [-0.25, -0.2) is 13.8 Å². The Labute approximate surface area is 80.9 Å². The molecule has 0 saturated carbocycles. The van der Waals surface area contributed by atoms with Crippen molar-refractivity contribution >= 4 is 33.3 Å². The molecule has 0 aliphatic rings. The number of nitrogen functional groups attached to an aromatic ring is 1. The molecule has 2 N–H and O–H groups in total. The lowest BCUT2D eigenvalue weighted by atomic mass is 10.3. The van der Waals surface area contributed by atoms with E-state index in [1.165, 1.54) is 0 Å². The summed E-state index contributed by atoms with van der Waals surface area (Å²) in [6.45, 7) is 0. The summed E-state index contributed by atoms with van der Waals surface area (Å²) < 4.78 is 24.6. The minimum absolute atomic E-state index is 0.0805. The number of rotatable bonds is 1. The van der Waals surface area contributed by atoms with Crippen LogP contribution in [0.1, 0.15) is 12.0 Å². The molecule has 0 saturated heterocycles. The van der Waals surface area contributed by atoms with Gasteiger partial charge in [0.05, 0.1) is 10.0 Å². The molecular weight excluding hydrogens is 253 g/mol. The van der Waals surface area contributed by atoms with E-state index in [0.29, 0.717) is 4.47 Å². The zero-order valence-corrected chi connectivity index (χ0v) is 8.03. The van der Waals surface area contributed by atoms with Gasteiger partial charge in [0.1, 0.15) is 11.0 Å². The van der Waals surface area contributed by atoms with Crippen LogP contribution in [0, 0.1) is 0 Å². The van der Waals surface area contributed by atoms with Gasteiger partial charge in [0, 0.05) is 0 Å². The predicted molar refractivity (Wildman–Crippen MR) is 46.3 cm³/mol. The van der Waals surface area contributed by atoms with Crippen LogP contribution in [-0.4, -0.2) is 4.98 Å². The smallest absolute Gasteiger partial charge is 0.267 e. The molecule has 0 aliphatic carbocycles. The highest BCUT2D eigenvalue weighted by atomic mass is 79.9. The summed E-state index contributed by atoms with van der Waals surface area (Å²) in [5.41, 5.74) is 4.88. The van der Waals surface area contributed by atoms with Crippen LogP contribution in [0.15, 0.2) is 10.5 Å². The number of nitrogens with zero attached hydrogens (tertiary/aromatic N) is 1. The van der Waals surface area contributed by atoms with Crippen molar-refractivity contribution in [3.05, 3.63) is 21.3 Å². The van der Waals surface area contributed by atoms with E-state index in [1.54, 1.807) is 0 Å². The molecule has 0 atom stereocenters. The van der Waals surface area contributed by atoms with Crippen molar-refractivity contribution in [3.8, 4) is 0 Å². The molecule has 0 bridgehead atoms. The number of aromatic nitrogens is 1. The Kier molecular flexibility index (Phi) is 2.85. The third-order valence-electron chi connectivity index (χ3n) is 1.23. The summed E-state index contributed by atoms with van der Waals surface area (Å²) in [6, 6.07) is 1.16. The molecule has 12 heavy (non-hydrogen) atoms. The summed E-state index contributed by atoms with van der Waals surface area (Å²) >= 11 is 8.47. The van der Waals surface area contributed by atoms with Crippen molar-refractivity contribution in [1.29, 1.82) is 0 Å². The zero-order valence-electron chi connectivity index (χ0n) is 5.69. The molecule has 2 nitrogen and oxygen atoms in total. The second-order valence-corrected chi connectivity index (χ2v) is 3.25. The number of nitrogens with two attached hydrogens (primary N) is 1. The molecule has 0 radical (unpaired) electrons. The van der Waals surface area contributed by atoms with Crippen molar-refractivity contribution < 1.29 is 8.78 Å². The van der Waals surface area contributed by atoms with Crippen molar-refractivity contribution in [2.24, 2.45) is 0 Å². The first kappa shape index (κ1) is 9.67. The van der Waals surface area contributed by atoms with Gasteiger partial charge in [0.25, 0.3) is 6.43 Å². The van der Waals surface area contributed by atoms with Gasteiger partial charge >= 0.3 is 0 Å². The highest BCUT2D eigenvalue weighted by Gasteiger charge is 2.14. The van der Waals surface area contributed by atoms with Gasteiger partial charge in [0.15, 0.2) is 0 Å². The molecular formula is C6H4BrClF2N2. The Bertz CT molecular complexity index is 306. The van der Waals surface area contributed by atoms with Crippen LogP contribution in [0.5, 0.6) is 0 Å². The molecule has 0 aromatic carbocycles. The van der Waals surface area contributed by atoms with Crippen molar-refractivity contribution in [3.63, 3.8) is 0 Å². The monoisotopic (exact) mass is 256 g/mol. The second-order valence-electron chi connectivity index (χ2n) is 2.04. The number of pyridine rings is 1. The molecule has 1 rings (SSSR count). The lowest BCUT2D eigenvalue weighted by Gasteiger charge is -2.04. The molecule has 66 valence electrons. The number of hydrogen-bond donors (Lipinski definition) is 1. The number of alkyl halides is 2. The van der Waals surface area contributed by atoms with Gasteiger partial charge in [-0.2, -0.15) is 0 Å². The molecule has 6 heteroatoms. The van der Waals surface area contributed by atoms with Crippen LogP contribution in [0.25, 0.3) is 0 Å². The Morgan fingerprint density at radius 2 is 2.17 bits per heavy atom. The van der Waals surface area contributed by atoms with Gasteiger partial charge in [-0.05, 0) is 22.0 Å². The van der Waals surface area contributed by atoms with Crippen LogP contribution < -0.4 is 5.73 Å². The molecule has 0 unspecified atom stereocenters. The average Bonchev–Trinajstić information content (AvgIpc) is 1.96. The summed E-state index contributed by atoms with van der Waals surface area (Å²) in [7, 11) is 0. The Hall–Kier alpha value is -0.420. The second kappa shape index (κ2) is 3.53. The number of anilines is 1. The van der Waals surface area contributed by atoms with Gasteiger partial charge < -0.3 is 5.73 Å². The molecule has 0 fully saturated rings. The maximum absolute atomic E-state index is 12.2. The predicted octanol–water partition coefficient (Wildman–Crippen LogP) is 3.02. The fraction of sp³-hybridized carbons (Fsp3) is 0.167. The maximum Gasteiger partial charge on any atom is 0.267 e. The van der Waals surface area contributed by atoms with E-state index in [4.69, 9.17) is 17.3 Å². The first-order valence-corrected chi connectivity index (χ1v) is 4.09. The molecule has 0 amide bonds. The highest BCUT2D eigenvalue weighted by molar-refractivity contribution is 9.10. The molecule has 1 heterocycles. The lowest BCUT2D eigenvalue weighted by Crippen LogP contribution is -1.98. The van der Waals surface area contributed by atoms with Crippen molar-refractivity contribution in [1.82, 2.24) is 4.98 Å².